The van der Waals surface area contributed by atoms with Gasteiger partial charge in [0.15, 0.2) is 0 Å². The third-order valence-corrected chi connectivity index (χ3v) is 3.58. The van der Waals surface area contributed by atoms with Gasteiger partial charge in [0.1, 0.15) is 0 Å². The van der Waals surface area contributed by atoms with Gasteiger partial charge in [-0.2, -0.15) is 0 Å². The van der Waals surface area contributed by atoms with Gasteiger partial charge in [0.05, 0.1) is 0 Å². The van der Waals surface area contributed by atoms with E-state index in [9.17, 15) is 0 Å². The number of aliphatic hydroxyl groups excluding tert-OH is 1. The van der Waals surface area contributed by atoms with Crippen molar-refractivity contribution < 1.29 is 5.11 Å². The maximum atomic E-state index is 9.09. The monoisotopic (exact) mass is 244 g/mol. The molecule has 0 aliphatic heterocycles. The van der Waals surface area contributed by atoms with Gasteiger partial charge in [0.25, 0.3) is 0 Å². The number of hydrogen-bond acceptors (Lipinski definition) is 3. The molecule has 3 atom stereocenters. The van der Waals surface area contributed by atoms with Gasteiger partial charge in [-0.3, -0.25) is 0 Å². The van der Waals surface area contributed by atoms with Crippen LogP contribution in [0.25, 0.3) is 0 Å². The largest absolute Gasteiger partial charge is 0.396 e. The molecular formula is C14H32N2O. The van der Waals surface area contributed by atoms with E-state index in [2.05, 4.69) is 26.1 Å². The fourth-order valence-electron chi connectivity index (χ4n) is 1.96. The quantitative estimate of drug-likeness (QED) is 0.489. The summed E-state index contributed by atoms with van der Waals surface area (Å²) < 4.78 is 0. The number of nitrogens with two attached hydrogens (primary N) is 1. The minimum absolute atomic E-state index is 0.238. The van der Waals surface area contributed by atoms with Crippen molar-refractivity contribution in [1.82, 2.24) is 5.32 Å². The van der Waals surface area contributed by atoms with E-state index in [1.165, 1.54) is 32.1 Å². The Kier molecular flexibility index (Phi) is 10.9. The minimum atomic E-state index is 0.238. The number of hydrogen-bond donors (Lipinski definition) is 3. The Morgan fingerprint density at radius 2 is 1.76 bits per heavy atom. The molecule has 0 saturated heterocycles. The van der Waals surface area contributed by atoms with Crippen molar-refractivity contribution in [2.24, 2.45) is 11.7 Å². The Balaban J connectivity index is 3.68. The maximum Gasteiger partial charge on any atom is 0.0471 e. The van der Waals surface area contributed by atoms with Crippen molar-refractivity contribution in [2.75, 3.05) is 13.2 Å². The molecule has 0 aliphatic carbocycles. The highest BCUT2D eigenvalue weighted by molar-refractivity contribution is 4.75. The first-order valence-electron chi connectivity index (χ1n) is 7.22. The van der Waals surface area contributed by atoms with Crippen molar-refractivity contribution in [2.45, 2.75) is 71.4 Å². The molecule has 0 bridgehead atoms. The Bertz CT molecular complexity index is 164. The van der Waals surface area contributed by atoms with Crippen LogP contribution in [0, 0.1) is 5.92 Å². The zero-order chi connectivity index (χ0) is 13.1. The molecule has 17 heavy (non-hydrogen) atoms. The summed E-state index contributed by atoms with van der Waals surface area (Å²) in [4.78, 5) is 0. The van der Waals surface area contributed by atoms with Gasteiger partial charge in [-0.05, 0) is 19.3 Å². The Morgan fingerprint density at radius 3 is 2.29 bits per heavy atom. The molecule has 0 aliphatic rings. The van der Waals surface area contributed by atoms with E-state index in [4.69, 9.17) is 10.8 Å². The molecule has 0 saturated carbocycles. The lowest BCUT2D eigenvalue weighted by Gasteiger charge is -2.25. The van der Waals surface area contributed by atoms with E-state index < -0.39 is 0 Å². The second-order valence-electron chi connectivity index (χ2n) is 5.25. The SMILES string of the molecule is CCCCCCCC(CN)NC(C)C(C)CO. The summed E-state index contributed by atoms with van der Waals surface area (Å²) >= 11 is 0. The van der Waals surface area contributed by atoms with Crippen molar-refractivity contribution in [1.29, 1.82) is 0 Å². The topological polar surface area (TPSA) is 58.3 Å². The molecule has 0 fully saturated rings. The summed E-state index contributed by atoms with van der Waals surface area (Å²) in [6.45, 7) is 7.35. The molecule has 3 nitrogen and oxygen atoms in total. The van der Waals surface area contributed by atoms with Gasteiger partial charge in [-0.1, -0.05) is 46.0 Å². The van der Waals surface area contributed by atoms with Crippen LogP contribution in [-0.4, -0.2) is 30.3 Å². The summed E-state index contributed by atoms with van der Waals surface area (Å²) in [5.41, 5.74) is 5.78. The van der Waals surface area contributed by atoms with Crippen LogP contribution in [0.2, 0.25) is 0 Å². The van der Waals surface area contributed by atoms with Gasteiger partial charge in [-0.25, -0.2) is 0 Å². The van der Waals surface area contributed by atoms with E-state index in [0.717, 1.165) is 6.42 Å². The molecular weight excluding hydrogens is 212 g/mol. The Morgan fingerprint density at radius 1 is 1.12 bits per heavy atom. The molecule has 0 amide bonds. The molecule has 104 valence electrons. The summed E-state index contributed by atoms with van der Waals surface area (Å²) in [7, 11) is 0. The lowest BCUT2D eigenvalue weighted by molar-refractivity contribution is 0.199. The van der Waals surface area contributed by atoms with Gasteiger partial charge < -0.3 is 16.2 Å². The average molecular weight is 244 g/mol. The summed E-state index contributed by atoms with van der Waals surface area (Å²) in [6, 6.07) is 0.741. The van der Waals surface area contributed by atoms with Crippen molar-refractivity contribution in [3.8, 4) is 0 Å². The van der Waals surface area contributed by atoms with Crippen LogP contribution in [0.1, 0.15) is 59.3 Å². The first-order chi connectivity index (χ1) is 8.15. The van der Waals surface area contributed by atoms with E-state index in [1.54, 1.807) is 0 Å². The zero-order valence-electron chi connectivity index (χ0n) is 11.9. The highest BCUT2D eigenvalue weighted by Gasteiger charge is 2.15. The van der Waals surface area contributed by atoms with Crippen LogP contribution in [0.5, 0.6) is 0 Å². The van der Waals surface area contributed by atoms with E-state index in [-0.39, 0.29) is 6.61 Å². The fourth-order valence-corrected chi connectivity index (χ4v) is 1.96. The summed E-state index contributed by atoms with van der Waals surface area (Å²) in [5.74, 6) is 0.296. The summed E-state index contributed by atoms with van der Waals surface area (Å²) in [6.07, 6.45) is 7.71. The second-order valence-corrected chi connectivity index (χ2v) is 5.25. The minimum Gasteiger partial charge on any atom is -0.396 e. The normalized spacial score (nSPS) is 16.8. The average Bonchev–Trinajstić information content (AvgIpc) is 2.35. The smallest absolute Gasteiger partial charge is 0.0471 e. The molecule has 4 N–H and O–H groups in total. The number of aliphatic hydroxyl groups is 1. The maximum absolute atomic E-state index is 9.09. The first kappa shape index (κ1) is 16.9. The van der Waals surface area contributed by atoms with Crippen LogP contribution in [-0.2, 0) is 0 Å². The highest BCUT2D eigenvalue weighted by Crippen LogP contribution is 2.09. The zero-order valence-corrected chi connectivity index (χ0v) is 11.9. The van der Waals surface area contributed by atoms with Crippen LogP contribution in [0.4, 0.5) is 0 Å². The Hall–Kier alpha value is -0.120. The van der Waals surface area contributed by atoms with Crippen molar-refractivity contribution in [3.05, 3.63) is 0 Å². The lowest BCUT2D eigenvalue weighted by Crippen LogP contribution is -2.44. The predicted octanol–water partition coefficient (Wildman–Crippen LogP) is 2.28. The molecule has 3 heteroatoms. The highest BCUT2D eigenvalue weighted by atomic mass is 16.3. The van der Waals surface area contributed by atoms with Crippen molar-refractivity contribution in [3.63, 3.8) is 0 Å². The standard InChI is InChI=1S/C14H32N2O/c1-4-5-6-7-8-9-14(10-15)16-13(3)12(2)11-17/h12-14,16-17H,4-11,15H2,1-3H3. The number of rotatable bonds is 11. The molecule has 0 heterocycles. The van der Waals surface area contributed by atoms with Crippen molar-refractivity contribution >= 4 is 0 Å². The first-order valence-corrected chi connectivity index (χ1v) is 7.22. The van der Waals surface area contributed by atoms with Gasteiger partial charge in [0, 0.05) is 25.2 Å². The Labute approximate surface area is 107 Å². The van der Waals surface area contributed by atoms with E-state index >= 15 is 0 Å². The molecule has 0 radical (unpaired) electrons. The van der Waals surface area contributed by atoms with Crippen LogP contribution >= 0.6 is 0 Å². The van der Waals surface area contributed by atoms with Gasteiger partial charge in [0.2, 0.25) is 0 Å². The third kappa shape index (κ3) is 8.58. The van der Waals surface area contributed by atoms with Gasteiger partial charge >= 0.3 is 0 Å². The molecule has 0 aromatic heterocycles. The summed E-state index contributed by atoms with van der Waals surface area (Å²) in [5, 5.41) is 12.6. The van der Waals surface area contributed by atoms with Crippen LogP contribution in [0.15, 0.2) is 0 Å². The number of unbranched alkanes of at least 4 members (excludes halogenated alkanes) is 4. The third-order valence-electron chi connectivity index (χ3n) is 3.58. The predicted molar refractivity (Wildman–Crippen MR) is 75.1 cm³/mol. The molecule has 0 aromatic carbocycles. The van der Waals surface area contributed by atoms with Crippen LogP contribution < -0.4 is 11.1 Å². The second kappa shape index (κ2) is 11.0. The number of nitrogens with one attached hydrogen (secondary N) is 1. The van der Waals surface area contributed by atoms with Crippen LogP contribution in [0.3, 0.4) is 0 Å². The van der Waals surface area contributed by atoms with Gasteiger partial charge in [-0.15, -0.1) is 0 Å². The van der Waals surface area contributed by atoms with E-state index in [1.807, 2.05) is 0 Å². The lowest BCUT2D eigenvalue weighted by atomic mass is 10.0. The molecule has 0 aromatic rings. The van der Waals surface area contributed by atoms with E-state index in [0.29, 0.717) is 24.5 Å². The molecule has 0 rings (SSSR count). The molecule has 3 unspecified atom stereocenters. The fraction of sp³-hybridized carbons (Fsp3) is 1.00. The molecule has 0 spiro atoms.